The van der Waals surface area contributed by atoms with Gasteiger partial charge < -0.3 is 4.98 Å². The zero-order valence-corrected chi connectivity index (χ0v) is 11.4. The van der Waals surface area contributed by atoms with Crippen molar-refractivity contribution in [3.63, 3.8) is 0 Å². The van der Waals surface area contributed by atoms with Gasteiger partial charge in [0.05, 0.1) is 23.1 Å². The van der Waals surface area contributed by atoms with Crippen molar-refractivity contribution in [2.75, 3.05) is 0 Å². The Bertz CT molecular complexity index is 1040. The minimum Gasteiger partial charge on any atom is -0.319 e. The number of carbonyl (C=O) groups excluding carboxylic acids is 1. The maximum Gasteiger partial charge on any atom is 0.266 e. The molecule has 1 atom stereocenters. The monoisotopic (exact) mass is 276 g/mol. The molecule has 2 aromatic rings. The molecule has 0 aliphatic heterocycles. The number of carbonyl (C=O) groups is 1. The molecule has 0 saturated carbocycles. The number of Topliss-reactive ketones (excluding diaryl/α,β-unsaturated/α-hetero) is 1. The minimum absolute atomic E-state index is 0.143. The molecule has 1 aromatic carbocycles. The first-order chi connectivity index (χ1) is 10.1. The molecule has 2 aliphatic carbocycles. The smallest absolute Gasteiger partial charge is 0.266 e. The molecular weight excluding hydrogens is 264 g/mol. The summed E-state index contributed by atoms with van der Waals surface area (Å²) in [5.41, 5.74) is 2.98. The lowest BCUT2D eigenvalue weighted by Crippen LogP contribution is -2.33. The molecule has 1 heterocycles. The molecule has 0 fully saturated rings. The second-order valence-electron chi connectivity index (χ2n) is 5.41. The van der Waals surface area contributed by atoms with Crippen LogP contribution in [0.1, 0.15) is 6.92 Å². The van der Waals surface area contributed by atoms with Crippen LogP contribution in [0.5, 0.6) is 0 Å². The lowest BCUT2D eigenvalue weighted by atomic mass is 9.82. The van der Waals surface area contributed by atoms with Crippen LogP contribution in [0.4, 0.5) is 0 Å². The third-order valence-corrected chi connectivity index (χ3v) is 4.00. The van der Waals surface area contributed by atoms with Crippen molar-refractivity contribution in [2.45, 2.75) is 6.92 Å². The van der Waals surface area contributed by atoms with Crippen LogP contribution in [-0.4, -0.2) is 15.8 Å². The first-order valence-electron chi connectivity index (χ1n) is 6.77. The molecule has 1 unspecified atom stereocenters. The Morgan fingerprint density at radius 1 is 1.14 bits per heavy atom. The predicted octanol–water partition coefficient (Wildman–Crippen LogP) is 0.569. The van der Waals surface area contributed by atoms with Gasteiger partial charge in [0.25, 0.3) is 5.56 Å². The Labute approximate surface area is 119 Å². The van der Waals surface area contributed by atoms with Crippen molar-refractivity contribution in [3.05, 3.63) is 62.4 Å². The van der Waals surface area contributed by atoms with Crippen molar-refractivity contribution in [2.24, 2.45) is 5.92 Å². The number of hydrogen-bond acceptors (Lipinski definition) is 3. The van der Waals surface area contributed by atoms with Crippen LogP contribution in [-0.2, 0) is 4.79 Å². The van der Waals surface area contributed by atoms with E-state index in [1.165, 1.54) is 6.20 Å². The summed E-state index contributed by atoms with van der Waals surface area (Å²) in [6, 6.07) is 3.82. The standard InChI is InChI=1S/C17H12N2O2/c1-9-2-3-10-4-11-7-15-14(18-8-16(20)19-15)6-12(11)5-13(10)17(9)21/h2-8,13H,1H3,(H,19,20). The minimum atomic E-state index is -0.217. The summed E-state index contributed by atoms with van der Waals surface area (Å²) in [4.78, 5) is 30.5. The highest BCUT2D eigenvalue weighted by atomic mass is 16.1. The number of hydrogen-bond donors (Lipinski definition) is 1. The number of benzene rings is 1. The summed E-state index contributed by atoms with van der Waals surface area (Å²) in [6.07, 6.45) is 9.09. The largest absolute Gasteiger partial charge is 0.319 e. The topological polar surface area (TPSA) is 62.8 Å². The molecule has 2 aliphatic rings. The Kier molecular flexibility index (Phi) is 2.36. The summed E-state index contributed by atoms with van der Waals surface area (Å²) >= 11 is 0. The van der Waals surface area contributed by atoms with Gasteiger partial charge in [0.15, 0.2) is 5.78 Å². The molecule has 0 spiro atoms. The van der Waals surface area contributed by atoms with Gasteiger partial charge in [-0.15, -0.1) is 0 Å². The van der Waals surface area contributed by atoms with E-state index >= 15 is 0 Å². The number of allylic oxidation sites excluding steroid dienone is 4. The highest BCUT2D eigenvalue weighted by Crippen LogP contribution is 2.25. The fourth-order valence-electron chi connectivity index (χ4n) is 2.86. The molecule has 102 valence electrons. The van der Waals surface area contributed by atoms with Gasteiger partial charge in [-0.25, -0.2) is 4.98 Å². The molecule has 4 rings (SSSR count). The van der Waals surface area contributed by atoms with Gasteiger partial charge in [-0.1, -0.05) is 24.3 Å². The molecule has 0 amide bonds. The number of H-pyrrole nitrogens is 1. The van der Waals surface area contributed by atoms with Gasteiger partial charge in [-0.3, -0.25) is 9.59 Å². The van der Waals surface area contributed by atoms with Gasteiger partial charge in [0.2, 0.25) is 0 Å². The molecule has 4 nitrogen and oxygen atoms in total. The van der Waals surface area contributed by atoms with E-state index in [1.807, 2.05) is 43.4 Å². The lowest BCUT2D eigenvalue weighted by Gasteiger charge is -2.20. The number of aromatic amines is 1. The molecule has 1 N–H and O–H groups in total. The number of nitrogens with one attached hydrogen (secondary N) is 1. The first-order valence-corrected chi connectivity index (χ1v) is 6.77. The summed E-state index contributed by atoms with van der Waals surface area (Å²) in [5, 5.41) is 1.97. The van der Waals surface area contributed by atoms with E-state index in [0.29, 0.717) is 5.52 Å². The molecule has 4 heteroatoms. The zero-order valence-electron chi connectivity index (χ0n) is 11.4. The quantitative estimate of drug-likeness (QED) is 0.765. The second kappa shape index (κ2) is 4.12. The number of aromatic nitrogens is 2. The van der Waals surface area contributed by atoms with Crippen LogP contribution < -0.4 is 16.0 Å². The highest BCUT2D eigenvalue weighted by Gasteiger charge is 2.24. The summed E-state index contributed by atoms with van der Waals surface area (Å²) < 4.78 is 0. The van der Waals surface area contributed by atoms with Crippen molar-refractivity contribution >= 4 is 29.0 Å². The number of rotatable bonds is 0. The molecule has 0 saturated heterocycles. The highest BCUT2D eigenvalue weighted by molar-refractivity contribution is 6.05. The van der Waals surface area contributed by atoms with E-state index < -0.39 is 0 Å². The Morgan fingerprint density at radius 3 is 2.86 bits per heavy atom. The number of fused-ring (bicyclic) bond motifs is 3. The summed E-state index contributed by atoms with van der Waals surface area (Å²) in [5.74, 6) is -0.0633. The zero-order chi connectivity index (χ0) is 14.6. The third kappa shape index (κ3) is 1.80. The molecular formula is C17H12N2O2. The fourth-order valence-corrected chi connectivity index (χ4v) is 2.86. The fraction of sp³-hybridized carbons (Fsp3) is 0.118. The molecule has 21 heavy (non-hydrogen) atoms. The maximum absolute atomic E-state index is 12.3. The van der Waals surface area contributed by atoms with Gasteiger partial charge >= 0.3 is 0 Å². The van der Waals surface area contributed by atoms with Crippen LogP contribution >= 0.6 is 0 Å². The Morgan fingerprint density at radius 2 is 2.00 bits per heavy atom. The van der Waals surface area contributed by atoms with Crippen molar-refractivity contribution in [1.82, 2.24) is 9.97 Å². The lowest BCUT2D eigenvalue weighted by molar-refractivity contribution is -0.116. The number of ketones is 1. The molecule has 0 bridgehead atoms. The average Bonchev–Trinajstić information content (AvgIpc) is 2.48. The number of nitrogens with zero attached hydrogens (tertiary/aromatic N) is 1. The van der Waals surface area contributed by atoms with Crippen molar-refractivity contribution in [1.29, 1.82) is 0 Å². The van der Waals surface area contributed by atoms with Crippen LogP contribution in [0.15, 0.2) is 46.4 Å². The average molecular weight is 276 g/mol. The molecule has 1 aromatic heterocycles. The second-order valence-corrected chi connectivity index (χ2v) is 5.41. The van der Waals surface area contributed by atoms with E-state index in [1.54, 1.807) is 0 Å². The van der Waals surface area contributed by atoms with E-state index in [0.717, 1.165) is 27.1 Å². The van der Waals surface area contributed by atoms with Crippen LogP contribution in [0.2, 0.25) is 0 Å². The summed E-state index contributed by atoms with van der Waals surface area (Å²) in [7, 11) is 0. The van der Waals surface area contributed by atoms with Crippen molar-refractivity contribution in [3.8, 4) is 0 Å². The summed E-state index contributed by atoms with van der Waals surface area (Å²) in [6.45, 7) is 1.84. The first kappa shape index (κ1) is 12.0. The van der Waals surface area contributed by atoms with E-state index in [2.05, 4.69) is 9.97 Å². The predicted molar refractivity (Wildman–Crippen MR) is 80.9 cm³/mol. The van der Waals surface area contributed by atoms with Gasteiger partial charge in [0, 0.05) is 0 Å². The van der Waals surface area contributed by atoms with Crippen LogP contribution in [0.3, 0.4) is 0 Å². The van der Waals surface area contributed by atoms with Gasteiger partial charge in [0.1, 0.15) is 0 Å². The maximum atomic E-state index is 12.3. The Hall–Kier alpha value is -2.75. The molecule has 0 radical (unpaired) electrons. The van der Waals surface area contributed by atoms with E-state index in [9.17, 15) is 9.59 Å². The third-order valence-electron chi connectivity index (χ3n) is 4.00. The van der Waals surface area contributed by atoms with Gasteiger partial charge in [-0.2, -0.15) is 0 Å². The normalized spacial score (nSPS) is 19.9. The van der Waals surface area contributed by atoms with E-state index in [-0.39, 0.29) is 17.3 Å². The van der Waals surface area contributed by atoms with Crippen LogP contribution in [0.25, 0.3) is 23.2 Å². The Balaban J connectivity index is 2.05. The van der Waals surface area contributed by atoms with E-state index in [4.69, 9.17) is 0 Å². The SMILES string of the molecule is CC1=CC=C2C=c3cc4[nH]c(=O)cnc4cc3=CC2C1=O. The van der Waals surface area contributed by atoms with Gasteiger partial charge in [-0.05, 0) is 40.6 Å². The van der Waals surface area contributed by atoms with Crippen LogP contribution in [0, 0.1) is 5.92 Å². The van der Waals surface area contributed by atoms with Crippen molar-refractivity contribution < 1.29 is 4.79 Å².